The molecule has 2 amide bonds. The van der Waals surface area contributed by atoms with Crippen molar-refractivity contribution in [2.45, 2.75) is 6.54 Å². The molecular formula is C15H16ClN3O. The average Bonchev–Trinajstić information content (AvgIpc) is 2.41. The molecule has 2 aromatic carbocycles. The molecule has 4 nitrogen and oxygen atoms in total. The Hall–Kier alpha value is -2.20. The van der Waals surface area contributed by atoms with Crippen molar-refractivity contribution in [1.29, 1.82) is 0 Å². The summed E-state index contributed by atoms with van der Waals surface area (Å²) in [6.07, 6.45) is 0. The molecule has 5 heteroatoms. The van der Waals surface area contributed by atoms with E-state index < -0.39 is 0 Å². The summed E-state index contributed by atoms with van der Waals surface area (Å²) in [6, 6.07) is 14.3. The lowest BCUT2D eigenvalue weighted by molar-refractivity contribution is 0.220. The Morgan fingerprint density at radius 1 is 1.25 bits per heavy atom. The standard InChI is InChI=1S/C15H16ClN3O/c1-19(10-11-3-2-4-12(16)9-11)15(20)18-14-7-5-13(17)6-8-14/h2-9H,10,17H2,1H3,(H,18,20). The van der Waals surface area contributed by atoms with Crippen LogP contribution in [0.1, 0.15) is 5.56 Å². The molecule has 0 aliphatic carbocycles. The van der Waals surface area contributed by atoms with Gasteiger partial charge in [0.2, 0.25) is 0 Å². The van der Waals surface area contributed by atoms with Gasteiger partial charge in [-0.25, -0.2) is 4.79 Å². The van der Waals surface area contributed by atoms with Gasteiger partial charge in [0.25, 0.3) is 0 Å². The van der Waals surface area contributed by atoms with E-state index in [1.54, 1.807) is 42.3 Å². The zero-order chi connectivity index (χ0) is 14.5. The number of nitrogens with zero attached hydrogens (tertiary/aromatic N) is 1. The number of carbonyl (C=O) groups is 1. The molecule has 0 saturated carbocycles. The number of carbonyl (C=O) groups excluding carboxylic acids is 1. The van der Waals surface area contributed by atoms with Crippen molar-refractivity contribution in [2.75, 3.05) is 18.1 Å². The molecule has 0 spiro atoms. The molecule has 0 saturated heterocycles. The van der Waals surface area contributed by atoms with E-state index in [1.807, 2.05) is 18.2 Å². The first-order chi connectivity index (χ1) is 9.54. The molecule has 0 fully saturated rings. The van der Waals surface area contributed by atoms with Gasteiger partial charge in [-0.1, -0.05) is 23.7 Å². The van der Waals surface area contributed by atoms with Crippen LogP contribution in [0.15, 0.2) is 48.5 Å². The number of anilines is 2. The van der Waals surface area contributed by atoms with Gasteiger partial charge < -0.3 is 16.0 Å². The van der Waals surface area contributed by atoms with E-state index in [-0.39, 0.29) is 6.03 Å². The second kappa shape index (κ2) is 6.30. The zero-order valence-corrected chi connectivity index (χ0v) is 11.9. The largest absolute Gasteiger partial charge is 0.399 e. The van der Waals surface area contributed by atoms with Gasteiger partial charge in [0.05, 0.1) is 0 Å². The van der Waals surface area contributed by atoms with E-state index in [2.05, 4.69) is 5.32 Å². The van der Waals surface area contributed by atoms with Crippen LogP contribution in [0.5, 0.6) is 0 Å². The first-order valence-electron chi connectivity index (χ1n) is 6.17. The van der Waals surface area contributed by atoms with E-state index in [4.69, 9.17) is 17.3 Å². The van der Waals surface area contributed by atoms with E-state index in [0.29, 0.717) is 22.9 Å². The predicted molar refractivity (Wildman–Crippen MR) is 82.8 cm³/mol. The van der Waals surface area contributed by atoms with Crippen LogP contribution in [-0.4, -0.2) is 18.0 Å². The van der Waals surface area contributed by atoms with Crippen molar-refractivity contribution >= 4 is 29.0 Å². The van der Waals surface area contributed by atoms with E-state index in [0.717, 1.165) is 5.56 Å². The van der Waals surface area contributed by atoms with Crippen LogP contribution >= 0.6 is 11.6 Å². The summed E-state index contributed by atoms with van der Waals surface area (Å²) in [6.45, 7) is 0.487. The molecule has 0 heterocycles. The molecule has 2 rings (SSSR count). The number of nitrogen functional groups attached to an aromatic ring is 1. The van der Waals surface area contributed by atoms with E-state index in [9.17, 15) is 4.79 Å². The normalized spacial score (nSPS) is 10.1. The third kappa shape index (κ3) is 3.90. The zero-order valence-electron chi connectivity index (χ0n) is 11.1. The minimum atomic E-state index is -0.185. The van der Waals surface area contributed by atoms with Crippen molar-refractivity contribution in [2.24, 2.45) is 0 Å². The highest BCUT2D eigenvalue weighted by atomic mass is 35.5. The maximum Gasteiger partial charge on any atom is 0.321 e. The minimum absolute atomic E-state index is 0.185. The Bertz CT molecular complexity index is 598. The maximum atomic E-state index is 12.0. The molecule has 0 aliphatic heterocycles. The number of hydrogen-bond acceptors (Lipinski definition) is 2. The monoisotopic (exact) mass is 289 g/mol. The first kappa shape index (κ1) is 14.2. The molecule has 3 N–H and O–H groups in total. The summed E-state index contributed by atoms with van der Waals surface area (Å²) in [5, 5.41) is 3.46. The lowest BCUT2D eigenvalue weighted by atomic mass is 10.2. The number of benzene rings is 2. The highest BCUT2D eigenvalue weighted by Gasteiger charge is 2.09. The molecule has 0 atom stereocenters. The van der Waals surface area contributed by atoms with Crippen LogP contribution in [0.2, 0.25) is 5.02 Å². The SMILES string of the molecule is CN(Cc1cccc(Cl)c1)C(=O)Nc1ccc(N)cc1. The van der Waals surface area contributed by atoms with Gasteiger partial charge in [-0.15, -0.1) is 0 Å². The molecule has 2 aromatic rings. The van der Waals surface area contributed by atoms with Crippen LogP contribution in [-0.2, 0) is 6.54 Å². The number of rotatable bonds is 3. The molecule has 0 unspecified atom stereocenters. The highest BCUT2D eigenvalue weighted by Crippen LogP contribution is 2.14. The Labute approximate surface area is 123 Å². The van der Waals surface area contributed by atoms with Crippen molar-refractivity contribution in [3.8, 4) is 0 Å². The number of halogens is 1. The molecule has 0 aromatic heterocycles. The van der Waals surface area contributed by atoms with Gasteiger partial charge in [-0.3, -0.25) is 0 Å². The summed E-state index contributed by atoms with van der Waals surface area (Å²) in [7, 11) is 1.73. The second-order valence-electron chi connectivity index (χ2n) is 4.54. The summed E-state index contributed by atoms with van der Waals surface area (Å²) in [5.74, 6) is 0. The highest BCUT2D eigenvalue weighted by molar-refractivity contribution is 6.30. The topological polar surface area (TPSA) is 58.4 Å². The van der Waals surface area contributed by atoms with Crippen molar-refractivity contribution in [1.82, 2.24) is 4.90 Å². The lowest BCUT2D eigenvalue weighted by Crippen LogP contribution is -2.30. The minimum Gasteiger partial charge on any atom is -0.399 e. The van der Waals surface area contributed by atoms with Gasteiger partial charge in [0, 0.05) is 30.0 Å². The Morgan fingerprint density at radius 2 is 1.95 bits per heavy atom. The summed E-state index contributed by atoms with van der Waals surface area (Å²) < 4.78 is 0. The third-order valence-corrected chi connectivity index (χ3v) is 3.05. The molecule has 104 valence electrons. The van der Waals surface area contributed by atoms with Crippen LogP contribution in [0.25, 0.3) is 0 Å². The van der Waals surface area contributed by atoms with Crippen LogP contribution < -0.4 is 11.1 Å². The molecule has 0 bridgehead atoms. The fourth-order valence-corrected chi connectivity index (χ4v) is 1.98. The second-order valence-corrected chi connectivity index (χ2v) is 4.97. The quantitative estimate of drug-likeness (QED) is 0.849. The van der Waals surface area contributed by atoms with Gasteiger partial charge in [0.1, 0.15) is 0 Å². The van der Waals surface area contributed by atoms with Crippen LogP contribution in [0, 0.1) is 0 Å². The summed E-state index contributed by atoms with van der Waals surface area (Å²) in [4.78, 5) is 13.6. The number of amides is 2. The molecule has 0 radical (unpaired) electrons. The first-order valence-corrected chi connectivity index (χ1v) is 6.54. The molecule has 20 heavy (non-hydrogen) atoms. The molecule has 0 aliphatic rings. The van der Waals surface area contributed by atoms with E-state index >= 15 is 0 Å². The number of hydrogen-bond donors (Lipinski definition) is 2. The Kier molecular flexibility index (Phi) is 4.48. The van der Waals surface area contributed by atoms with Gasteiger partial charge in [-0.05, 0) is 42.0 Å². The summed E-state index contributed by atoms with van der Waals surface area (Å²) in [5.41, 5.74) is 7.95. The van der Waals surface area contributed by atoms with Crippen LogP contribution in [0.3, 0.4) is 0 Å². The number of nitrogens with one attached hydrogen (secondary N) is 1. The van der Waals surface area contributed by atoms with Crippen LogP contribution in [0.4, 0.5) is 16.2 Å². The van der Waals surface area contributed by atoms with Gasteiger partial charge >= 0.3 is 6.03 Å². The predicted octanol–water partition coefficient (Wildman–Crippen LogP) is 3.59. The fourth-order valence-electron chi connectivity index (χ4n) is 1.77. The number of nitrogens with two attached hydrogens (primary N) is 1. The van der Waals surface area contributed by atoms with Crippen molar-refractivity contribution < 1.29 is 4.79 Å². The van der Waals surface area contributed by atoms with Crippen molar-refractivity contribution in [3.05, 3.63) is 59.1 Å². The van der Waals surface area contributed by atoms with Gasteiger partial charge in [-0.2, -0.15) is 0 Å². The smallest absolute Gasteiger partial charge is 0.321 e. The third-order valence-electron chi connectivity index (χ3n) is 2.82. The Balaban J connectivity index is 1.96. The molecular weight excluding hydrogens is 274 g/mol. The van der Waals surface area contributed by atoms with E-state index in [1.165, 1.54) is 0 Å². The lowest BCUT2D eigenvalue weighted by Gasteiger charge is -2.18. The number of urea groups is 1. The summed E-state index contributed by atoms with van der Waals surface area (Å²) >= 11 is 5.92. The Morgan fingerprint density at radius 3 is 2.60 bits per heavy atom. The maximum absolute atomic E-state index is 12.0. The van der Waals surface area contributed by atoms with Gasteiger partial charge in [0.15, 0.2) is 0 Å². The van der Waals surface area contributed by atoms with Crippen molar-refractivity contribution in [3.63, 3.8) is 0 Å². The average molecular weight is 290 g/mol. The fraction of sp³-hybridized carbons (Fsp3) is 0.133.